The van der Waals surface area contributed by atoms with E-state index in [0.717, 1.165) is 57.8 Å². The Balaban J connectivity index is 4.30. The summed E-state index contributed by atoms with van der Waals surface area (Å²) in [4.78, 5) is 37.9. The minimum Gasteiger partial charge on any atom is -0.462 e. The summed E-state index contributed by atoms with van der Waals surface area (Å²) in [5, 5.41) is 0. The molecule has 0 amide bonds. The molecular weight excluding hydrogens is 709 g/mol. The van der Waals surface area contributed by atoms with E-state index in [-0.39, 0.29) is 31.1 Å². The average molecular weight is 807 g/mol. The Hall–Kier alpha value is -1.59. The minimum atomic E-state index is -0.759. The fraction of sp³-hybridized carbons (Fsp3) is 0.941. The summed E-state index contributed by atoms with van der Waals surface area (Å²) in [6.45, 7) is 6.67. The molecule has 0 aromatic rings. The molecule has 0 fully saturated rings. The first kappa shape index (κ1) is 55.4. The maximum Gasteiger partial charge on any atom is 0.306 e. The third-order valence-corrected chi connectivity index (χ3v) is 11.6. The van der Waals surface area contributed by atoms with Crippen molar-refractivity contribution in [1.82, 2.24) is 0 Å². The van der Waals surface area contributed by atoms with Gasteiger partial charge in [0.15, 0.2) is 6.10 Å². The highest BCUT2D eigenvalue weighted by Crippen LogP contribution is 2.17. The first-order valence-corrected chi connectivity index (χ1v) is 25.5. The van der Waals surface area contributed by atoms with E-state index in [4.69, 9.17) is 14.2 Å². The van der Waals surface area contributed by atoms with Crippen LogP contribution in [0.25, 0.3) is 0 Å². The van der Waals surface area contributed by atoms with Crippen LogP contribution in [0, 0.1) is 0 Å². The van der Waals surface area contributed by atoms with Crippen LogP contribution in [0.1, 0.15) is 290 Å². The summed E-state index contributed by atoms with van der Waals surface area (Å²) >= 11 is 0. The molecule has 0 aromatic carbocycles. The number of hydrogen-bond donors (Lipinski definition) is 0. The molecule has 0 atom stereocenters. The molecule has 0 saturated heterocycles. The van der Waals surface area contributed by atoms with E-state index >= 15 is 0 Å². The molecule has 0 saturated carbocycles. The number of hydrogen-bond acceptors (Lipinski definition) is 6. The topological polar surface area (TPSA) is 78.9 Å². The lowest BCUT2D eigenvalue weighted by atomic mass is 10.0. The van der Waals surface area contributed by atoms with Gasteiger partial charge in [-0.1, -0.05) is 252 Å². The Bertz CT molecular complexity index is 800. The SMILES string of the molecule is CCCCCCCCCCCCCCCCCC(=O)OC(COC(=O)CCCCCCCCCCCCCC)COC(=O)CCCCCCCCCCCCCC. The van der Waals surface area contributed by atoms with Gasteiger partial charge in [-0.25, -0.2) is 0 Å². The zero-order valence-electron chi connectivity index (χ0n) is 38.6. The van der Waals surface area contributed by atoms with Crippen LogP contribution >= 0.6 is 0 Å². The van der Waals surface area contributed by atoms with Gasteiger partial charge in [-0.2, -0.15) is 0 Å². The molecule has 0 aliphatic carbocycles. The van der Waals surface area contributed by atoms with E-state index < -0.39 is 6.10 Å². The molecule has 0 aliphatic rings. The number of unbranched alkanes of at least 4 members (excludes halogenated alkanes) is 36. The maximum absolute atomic E-state index is 12.8. The standard InChI is InChI=1S/C51H98O6/c1-4-7-10-13-16-19-22-25-26-27-30-33-36-39-42-45-51(54)57-48(46-55-49(52)43-40-37-34-31-28-23-20-17-14-11-8-5-2)47-56-50(53)44-41-38-35-32-29-24-21-18-15-12-9-6-3/h48H,4-47H2,1-3H3. The fourth-order valence-electron chi connectivity index (χ4n) is 7.74. The van der Waals surface area contributed by atoms with Crippen molar-refractivity contribution in [2.45, 2.75) is 297 Å². The van der Waals surface area contributed by atoms with E-state index in [9.17, 15) is 14.4 Å². The van der Waals surface area contributed by atoms with Gasteiger partial charge < -0.3 is 14.2 Å². The van der Waals surface area contributed by atoms with Crippen LogP contribution in [-0.2, 0) is 28.6 Å². The van der Waals surface area contributed by atoms with Crippen molar-refractivity contribution in [2.75, 3.05) is 13.2 Å². The van der Waals surface area contributed by atoms with Crippen LogP contribution in [0.4, 0.5) is 0 Å². The van der Waals surface area contributed by atoms with Crippen LogP contribution in [0.3, 0.4) is 0 Å². The lowest BCUT2D eigenvalue weighted by molar-refractivity contribution is -0.167. The molecule has 0 unspecified atom stereocenters. The number of ether oxygens (including phenoxy) is 3. The Kier molecular flexibility index (Phi) is 45.8. The molecule has 57 heavy (non-hydrogen) atoms. The predicted octanol–water partition coefficient (Wildman–Crippen LogP) is 16.4. The van der Waals surface area contributed by atoms with Gasteiger partial charge in [0, 0.05) is 19.3 Å². The highest BCUT2D eigenvalue weighted by Gasteiger charge is 2.19. The predicted molar refractivity (Wildman–Crippen MR) is 243 cm³/mol. The van der Waals surface area contributed by atoms with Gasteiger partial charge in [-0.15, -0.1) is 0 Å². The molecule has 338 valence electrons. The van der Waals surface area contributed by atoms with E-state index in [1.54, 1.807) is 0 Å². The summed E-state index contributed by atoms with van der Waals surface area (Å²) in [7, 11) is 0. The van der Waals surface area contributed by atoms with Crippen molar-refractivity contribution in [3.05, 3.63) is 0 Å². The van der Waals surface area contributed by atoms with E-state index in [0.29, 0.717) is 19.3 Å². The van der Waals surface area contributed by atoms with Gasteiger partial charge in [0.1, 0.15) is 13.2 Å². The third kappa shape index (κ3) is 45.3. The van der Waals surface area contributed by atoms with E-state index in [2.05, 4.69) is 20.8 Å². The van der Waals surface area contributed by atoms with Crippen molar-refractivity contribution in [3.63, 3.8) is 0 Å². The van der Waals surface area contributed by atoms with Gasteiger partial charge in [0.2, 0.25) is 0 Å². The lowest BCUT2D eigenvalue weighted by Crippen LogP contribution is -2.30. The van der Waals surface area contributed by atoms with Crippen molar-refractivity contribution in [1.29, 1.82) is 0 Å². The van der Waals surface area contributed by atoms with Gasteiger partial charge in [0.05, 0.1) is 0 Å². The normalized spacial score (nSPS) is 11.4. The quantitative estimate of drug-likeness (QED) is 0.0346. The molecule has 0 heterocycles. The molecule has 0 spiro atoms. The second kappa shape index (κ2) is 47.1. The van der Waals surface area contributed by atoms with E-state index in [1.165, 1.54) is 193 Å². The zero-order chi connectivity index (χ0) is 41.5. The highest BCUT2D eigenvalue weighted by molar-refractivity contribution is 5.71. The first-order valence-electron chi connectivity index (χ1n) is 25.5. The van der Waals surface area contributed by atoms with Crippen molar-refractivity contribution in [2.24, 2.45) is 0 Å². The summed E-state index contributed by atoms with van der Waals surface area (Å²) in [5.74, 6) is -0.842. The van der Waals surface area contributed by atoms with Crippen molar-refractivity contribution < 1.29 is 28.6 Å². The third-order valence-electron chi connectivity index (χ3n) is 11.6. The number of carbonyl (C=O) groups excluding carboxylic acids is 3. The molecule has 0 radical (unpaired) electrons. The molecule has 6 nitrogen and oxygen atoms in total. The highest BCUT2D eigenvalue weighted by atomic mass is 16.6. The second-order valence-corrected chi connectivity index (χ2v) is 17.5. The zero-order valence-corrected chi connectivity index (χ0v) is 38.6. The number of carbonyl (C=O) groups is 3. The molecule has 0 bridgehead atoms. The van der Waals surface area contributed by atoms with Gasteiger partial charge >= 0.3 is 17.9 Å². The van der Waals surface area contributed by atoms with Crippen LogP contribution < -0.4 is 0 Å². The second-order valence-electron chi connectivity index (χ2n) is 17.5. The molecule has 0 N–H and O–H groups in total. The Morgan fingerprint density at radius 2 is 0.474 bits per heavy atom. The minimum absolute atomic E-state index is 0.0619. The Morgan fingerprint density at radius 1 is 0.281 bits per heavy atom. The average Bonchev–Trinajstić information content (AvgIpc) is 3.21. The Labute approximate surface area is 355 Å². The largest absolute Gasteiger partial charge is 0.462 e. The van der Waals surface area contributed by atoms with Crippen molar-refractivity contribution in [3.8, 4) is 0 Å². The number of esters is 3. The first-order chi connectivity index (χ1) is 28.0. The summed E-state index contributed by atoms with van der Waals surface area (Å²) < 4.78 is 16.8. The fourth-order valence-corrected chi connectivity index (χ4v) is 7.74. The smallest absolute Gasteiger partial charge is 0.306 e. The van der Waals surface area contributed by atoms with Crippen LogP contribution in [-0.4, -0.2) is 37.2 Å². The summed E-state index contributed by atoms with van der Waals surface area (Å²) in [6, 6.07) is 0. The molecule has 0 aromatic heterocycles. The van der Waals surface area contributed by atoms with E-state index in [1.807, 2.05) is 0 Å². The Morgan fingerprint density at radius 3 is 0.702 bits per heavy atom. The van der Waals surface area contributed by atoms with Crippen molar-refractivity contribution >= 4 is 17.9 Å². The number of rotatable bonds is 47. The maximum atomic E-state index is 12.8. The molecular formula is C51H98O6. The summed E-state index contributed by atoms with van der Waals surface area (Å²) in [5.41, 5.74) is 0. The van der Waals surface area contributed by atoms with Crippen LogP contribution in [0.2, 0.25) is 0 Å². The molecule has 0 rings (SSSR count). The monoisotopic (exact) mass is 807 g/mol. The lowest BCUT2D eigenvalue weighted by Gasteiger charge is -2.18. The van der Waals surface area contributed by atoms with Crippen LogP contribution in [0.5, 0.6) is 0 Å². The van der Waals surface area contributed by atoms with Crippen LogP contribution in [0.15, 0.2) is 0 Å². The van der Waals surface area contributed by atoms with Gasteiger partial charge in [-0.05, 0) is 19.3 Å². The van der Waals surface area contributed by atoms with Gasteiger partial charge in [-0.3, -0.25) is 14.4 Å². The van der Waals surface area contributed by atoms with Gasteiger partial charge in [0.25, 0.3) is 0 Å². The molecule has 6 heteroatoms. The summed E-state index contributed by atoms with van der Waals surface area (Å²) in [6.07, 6.45) is 49.3. The molecule has 0 aliphatic heterocycles.